The Morgan fingerprint density at radius 2 is 1.61 bits per heavy atom. The minimum atomic E-state index is -3.66. The van der Waals surface area contributed by atoms with Crippen molar-refractivity contribution in [2.75, 3.05) is 26.2 Å². The van der Waals surface area contributed by atoms with Gasteiger partial charge in [-0.1, -0.05) is 13.8 Å². The van der Waals surface area contributed by atoms with Crippen molar-refractivity contribution in [1.82, 2.24) is 13.8 Å². The van der Waals surface area contributed by atoms with Crippen molar-refractivity contribution in [2.24, 2.45) is 0 Å². The van der Waals surface area contributed by atoms with E-state index in [9.17, 15) is 18.0 Å². The van der Waals surface area contributed by atoms with Crippen LogP contribution in [0.2, 0.25) is 0 Å². The summed E-state index contributed by atoms with van der Waals surface area (Å²) in [6.07, 6.45) is 1.25. The Labute approximate surface area is 137 Å². The van der Waals surface area contributed by atoms with Gasteiger partial charge in [0, 0.05) is 38.4 Å². The Bertz CT molecular complexity index is 689. The van der Waals surface area contributed by atoms with Crippen molar-refractivity contribution < 1.29 is 13.2 Å². The molecule has 1 rings (SSSR count). The summed E-state index contributed by atoms with van der Waals surface area (Å²) in [7, 11) is -3.66. The van der Waals surface area contributed by atoms with E-state index in [1.807, 2.05) is 13.8 Å². The molecule has 0 bridgehead atoms. The summed E-state index contributed by atoms with van der Waals surface area (Å²) in [5.74, 6) is -0.213. The molecule has 0 spiro atoms. The average molecular weight is 343 g/mol. The third-order valence-corrected chi connectivity index (χ3v) is 5.75. The molecule has 1 heterocycles. The first-order valence-corrected chi connectivity index (χ1v) is 9.24. The highest BCUT2D eigenvalue weighted by Crippen LogP contribution is 2.13. The second-order valence-corrected chi connectivity index (χ2v) is 6.92. The second-order valence-electron chi connectivity index (χ2n) is 4.99. The lowest BCUT2D eigenvalue weighted by Crippen LogP contribution is -2.37. The maximum absolute atomic E-state index is 12.5. The molecule has 0 N–H and O–H groups in total. The summed E-state index contributed by atoms with van der Waals surface area (Å²) in [6, 6.07) is 2.47. The Morgan fingerprint density at radius 3 is 2.09 bits per heavy atom. The molecule has 0 aliphatic rings. The number of hydrogen-bond donors (Lipinski definition) is 0. The van der Waals surface area contributed by atoms with E-state index in [0.717, 1.165) is 4.57 Å². The molecule has 0 saturated carbocycles. The normalized spacial score (nSPS) is 11.7. The van der Waals surface area contributed by atoms with Crippen molar-refractivity contribution in [3.05, 3.63) is 28.7 Å². The quantitative estimate of drug-likeness (QED) is 0.697. The third-order valence-electron chi connectivity index (χ3n) is 3.72. The van der Waals surface area contributed by atoms with Crippen LogP contribution in [0, 0.1) is 0 Å². The number of hydrogen-bond acceptors (Lipinski definition) is 4. The zero-order valence-corrected chi connectivity index (χ0v) is 15.0. The van der Waals surface area contributed by atoms with Crippen molar-refractivity contribution >= 4 is 15.9 Å². The van der Waals surface area contributed by atoms with Gasteiger partial charge in [-0.05, 0) is 19.9 Å². The average Bonchev–Trinajstić information content (AvgIpc) is 2.51. The largest absolute Gasteiger partial charge is 0.342 e. The van der Waals surface area contributed by atoms with Crippen LogP contribution in [0.1, 0.15) is 27.7 Å². The van der Waals surface area contributed by atoms with Crippen LogP contribution in [0.15, 0.2) is 28.0 Å². The van der Waals surface area contributed by atoms with E-state index in [1.54, 1.807) is 18.7 Å². The minimum Gasteiger partial charge on any atom is -0.342 e. The predicted molar refractivity (Wildman–Crippen MR) is 88.7 cm³/mol. The molecule has 0 saturated heterocycles. The van der Waals surface area contributed by atoms with Crippen LogP contribution in [0.5, 0.6) is 0 Å². The molecule has 0 aromatic carbocycles. The molecule has 0 aliphatic carbocycles. The number of likely N-dealkylation sites (N-methyl/N-ethyl adjacent to an activating group) is 1. The van der Waals surface area contributed by atoms with Gasteiger partial charge in [0.1, 0.15) is 6.54 Å². The zero-order valence-electron chi connectivity index (χ0n) is 14.2. The summed E-state index contributed by atoms with van der Waals surface area (Å²) in [6.45, 7) is 8.82. The van der Waals surface area contributed by atoms with Crippen LogP contribution in [-0.4, -0.2) is 54.3 Å². The molecule has 0 atom stereocenters. The fourth-order valence-corrected chi connectivity index (χ4v) is 3.80. The highest BCUT2D eigenvalue weighted by atomic mass is 32.2. The molecule has 23 heavy (non-hydrogen) atoms. The van der Waals surface area contributed by atoms with Gasteiger partial charge >= 0.3 is 0 Å². The summed E-state index contributed by atoms with van der Waals surface area (Å²) < 4.78 is 27.5. The van der Waals surface area contributed by atoms with E-state index in [1.165, 1.54) is 22.6 Å². The van der Waals surface area contributed by atoms with E-state index in [-0.39, 0.29) is 17.3 Å². The van der Waals surface area contributed by atoms with Gasteiger partial charge < -0.3 is 9.47 Å². The van der Waals surface area contributed by atoms with Gasteiger partial charge in [0.2, 0.25) is 15.9 Å². The number of carbonyl (C=O) groups is 1. The van der Waals surface area contributed by atoms with Crippen molar-refractivity contribution in [3.8, 4) is 0 Å². The lowest BCUT2D eigenvalue weighted by Gasteiger charge is -2.21. The fourth-order valence-electron chi connectivity index (χ4n) is 2.32. The van der Waals surface area contributed by atoms with Crippen LogP contribution >= 0.6 is 0 Å². The van der Waals surface area contributed by atoms with Gasteiger partial charge in [0.05, 0.1) is 4.90 Å². The number of aromatic nitrogens is 1. The van der Waals surface area contributed by atoms with Crippen LogP contribution in [0.4, 0.5) is 0 Å². The number of rotatable bonds is 8. The first-order chi connectivity index (χ1) is 10.8. The summed E-state index contributed by atoms with van der Waals surface area (Å²) in [5.41, 5.74) is -0.399. The predicted octanol–water partition coefficient (Wildman–Crippen LogP) is 0.747. The lowest BCUT2D eigenvalue weighted by atomic mass is 10.4. The number of pyridine rings is 1. The molecular weight excluding hydrogens is 318 g/mol. The molecule has 7 nitrogen and oxygen atoms in total. The summed E-state index contributed by atoms with van der Waals surface area (Å²) in [4.78, 5) is 25.7. The Morgan fingerprint density at radius 1 is 1.04 bits per heavy atom. The van der Waals surface area contributed by atoms with Gasteiger partial charge in [0.25, 0.3) is 5.56 Å². The van der Waals surface area contributed by atoms with Gasteiger partial charge in [-0.2, -0.15) is 4.31 Å². The lowest BCUT2D eigenvalue weighted by molar-refractivity contribution is -0.131. The number of carbonyl (C=O) groups excluding carboxylic acids is 1. The maximum atomic E-state index is 12.5. The molecule has 1 aromatic heterocycles. The number of sulfonamides is 1. The summed E-state index contributed by atoms with van der Waals surface area (Å²) >= 11 is 0. The first-order valence-electron chi connectivity index (χ1n) is 7.80. The smallest absolute Gasteiger partial charge is 0.251 e. The Hall–Kier alpha value is -1.67. The third kappa shape index (κ3) is 4.42. The second kappa shape index (κ2) is 8.26. The SMILES string of the molecule is CCN(CC)C(=O)Cn1cc(S(=O)(=O)N(CC)CC)ccc1=O. The van der Waals surface area contributed by atoms with Gasteiger partial charge in [0.15, 0.2) is 0 Å². The van der Waals surface area contributed by atoms with Crippen LogP contribution in [0.25, 0.3) is 0 Å². The fraction of sp³-hybridized carbons (Fsp3) is 0.600. The Balaban J connectivity index is 3.19. The molecule has 130 valence electrons. The molecule has 0 radical (unpaired) electrons. The zero-order chi connectivity index (χ0) is 17.6. The van der Waals surface area contributed by atoms with E-state index >= 15 is 0 Å². The van der Waals surface area contributed by atoms with Crippen LogP contribution in [-0.2, 0) is 21.4 Å². The standard InChI is InChI=1S/C15H25N3O4S/c1-5-16(6-2)15(20)12-17-11-13(9-10-14(17)19)23(21,22)18(7-3)8-4/h9-11H,5-8,12H2,1-4H3. The van der Waals surface area contributed by atoms with Crippen LogP contribution < -0.4 is 5.56 Å². The molecular formula is C15H25N3O4S. The molecule has 8 heteroatoms. The monoisotopic (exact) mass is 343 g/mol. The van der Waals surface area contributed by atoms with E-state index in [4.69, 9.17) is 0 Å². The van der Waals surface area contributed by atoms with Gasteiger partial charge in [-0.15, -0.1) is 0 Å². The Kier molecular flexibility index (Phi) is 6.96. The van der Waals surface area contributed by atoms with Crippen molar-refractivity contribution in [3.63, 3.8) is 0 Å². The van der Waals surface area contributed by atoms with Crippen LogP contribution in [0.3, 0.4) is 0 Å². The van der Waals surface area contributed by atoms with Crippen molar-refractivity contribution in [2.45, 2.75) is 39.1 Å². The molecule has 0 fully saturated rings. The van der Waals surface area contributed by atoms with E-state index < -0.39 is 15.6 Å². The van der Waals surface area contributed by atoms with Gasteiger partial charge in [-0.25, -0.2) is 8.42 Å². The molecule has 0 unspecified atom stereocenters. The van der Waals surface area contributed by atoms with E-state index in [2.05, 4.69) is 0 Å². The number of nitrogens with zero attached hydrogens (tertiary/aromatic N) is 3. The highest BCUT2D eigenvalue weighted by Gasteiger charge is 2.22. The topological polar surface area (TPSA) is 79.7 Å². The van der Waals surface area contributed by atoms with Crippen molar-refractivity contribution in [1.29, 1.82) is 0 Å². The van der Waals surface area contributed by atoms with Gasteiger partial charge in [-0.3, -0.25) is 9.59 Å². The molecule has 1 aromatic rings. The highest BCUT2D eigenvalue weighted by molar-refractivity contribution is 7.89. The molecule has 1 amide bonds. The number of amides is 1. The molecule has 0 aliphatic heterocycles. The maximum Gasteiger partial charge on any atom is 0.251 e. The summed E-state index contributed by atoms with van der Waals surface area (Å²) in [5, 5.41) is 0. The first kappa shape index (κ1) is 19.4. The minimum absolute atomic E-state index is 0.0214. The van der Waals surface area contributed by atoms with E-state index in [0.29, 0.717) is 26.2 Å².